The molecule has 0 aliphatic heterocycles. The van der Waals surface area contributed by atoms with Gasteiger partial charge in [-0.15, -0.1) is 0 Å². The number of alkyl halides is 4. The molecule has 0 saturated carbocycles. The molecule has 1 rings (SSSR count). The minimum atomic E-state index is -4.32. The molecule has 0 saturated heterocycles. The van der Waals surface area contributed by atoms with Gasteiger partial charge in [0.25, 0.3) is 0 Å². The monoisotopic (exact) mass is 388 g/mol. The largest absolute Gasteiger partial charge is 0.405 e. The second-order valence-electron chi connectivity index (χ2n) is 4.51. The van der Waals surface area contributed by atoms with Crippen LogP contribution < -0.4 is 4.90 Å². The van der Waals surface area contributed by atoms with Crippen LogP contribution in [0.2, 0.25) is 0 Å². The van der Waals surface area contributed by atoms with Gasteiger partial charge >= 0.3 is 6.18 Å². The smallest absolute Gasteiger partial charge is 0.362 e. The summed E-state index contributed by atoms with van der Waals surface area (Å²) in [6, 6.07) is 5.38. The molecule has 120 valence electrons. The van der Waals surface area contributed by atoms with E-state index >= 15 is 0 Å². The molecular formula is C12H16BrF3N2O2S. The Labute approximate surface area is 130 Å². The molecule has 0 bridgehead atoms. The predicted octanol–water partition coefficient (Wildman–Crippen LogP) is 2.70. The molecule has 0 aromatic heterocycles. The third kappa shape index (κ3) is 5.15. The zero-order chi connectivity index (χ0) is 16.3. The van der Waals surface area contributed by atoms with Gasteiger partial charge in [0.15, 0.2) is 0 Å². The molecule has 21 heavy (non-hydrogen) atoms. The number of rotatable bonds is 6. The number of nitrogens with zero attached hydrogens (tertiary/aromatic N) is 2. The van der Waals surface area contributed by atoms with Gasteiger partial charge in [-0.3, -0.25) is 0 Å². The molecule has 1 aromatic carbocycles. The Morgan fingerprint density at radius 3 is 2.05 bits per heavy atom. The number of sulfonamides is 1. The van der Waals surface area contributed by atoms with E-state index in [9.17, 15) is 21.6 Å². The maximum atomic E-state index is 12.5. The molecule has 0 spiro atoms. The number of anilines is 1. The summed E-state index contributed by atoms with van der Waals surface area (Å²) in [6.07, 6.45) is -4.32. The van der Waals surface area contributed by atoms with Gasteiger partial charge in [0.1, 0.15) is 6.54 Å². The van der Waals surface area contributed by atoms with Crippen LogP contribution in [0.5, 0.6) is 0 Å². The maximum absolute atomic E-state index is 12.5. The minimum absolute atomic E-state index is 0.0436. The lowest BCUT2D eigenvalue weighted by atomic mass is 10.3. The highest BCUT2D eigenvalue weighted by atomic mass is 79.9. The lowest BCUT2D eigenvalue weighted by molar-refractivity contribution is -0.119. The molecule has 9 heteroatoms. The van der Waals surface area contributed by atoms with E-state index in [1.807, 2.05) is 0 Å². The van der Waals surface area contributed by atoms with Crippen molar-refractivity contribution in [3.05, 3.63) is 24.3 Å². The van der Waals surface area contributed by atoms with Gasteiger partial charge in [-0.25, -0.2) is 12.7 Å². The van der Waals surface area contributed by atoms with Gasteiger partial charge in [0.05, 0.1) is 4.90 Å². The Morgan fingerprint density at radius 2 is 1.67 bits per heavy atom. The van der Waals surface area contributed by atoms with Crippen molar-refractivity contribution in [2.24, 2.45) is 0 Å². The van der Waals surface area contributed by atoms with Crippen LogP contribution >= 0.6 is 15.9 Å². The minimum Gasteiger partial charge on any atom is -0.362 e. The average molecular weight is 389 g/mol. The average Bonchev–Trinajstić information content (AvgIpc) is 2.36. The van der Waals surface area contributed by atoms with Gasteiger partial charge < -0.3 is 4.90 Å². The summed E-state index contributed by atoms with van der Waals surface area (Å²) < 4.78 is 62.4. The number of benzene rings is 1. The fraction of sp³-hybridized carbons (Fsp3) is 0.500. The van der Waals surface area contributed by atoms with Crippen LogP contribution in [0.25, 0.3) is 0 Å². The van der Waals surface area contributed by atoms with E-state index in [0.717, 1.165) is 9.21 Å². The van der Waals surface area contributed by atoms with E-state index in [-0.39, 0.29) is 11.4 Å². The van der Waals surface area contributed by atoms with E-state index in [1.54, 1.807) is 0 Å². The first-order valence-corrected chi connectivity index (χ1v) is 8.54. The zero-order valence-electron chi connectivity index (χ0n) is 11.6. The molecule has 0 radical (unpaired) electrons. The summed E-state index contributed by atoms with van der Waals surface area (Å²) >= 11 is 3.11. The van der Waals surface area contributed by atoms with E-state index in [0.29, 0.717) is 11.0 Å². The lowest BCUT2D eigenvalue weighted by Crippen LogP contribution is -2.35. The first-order valence-electron chi connectivity index (χ1n) is 5.98. The summed E-state index contributed by atoms with van der Waals surface area (Å²) in [7, 11) is -0.798. The van der Waals surface area contributed by atoms with Crippen molar-refractivity contribution in [3.8, 4) is 0 Å². The highest BCUT2D eigenvalue weighted by Crippen LogP contribution is 2.24. The Balaban J connectivity index is 3.03. The van der Waals surface area contributed by atoms with Gasteiger partial charge in [-0.1, -0.05) is 15.9 Å². The fourth-order valence-corrected chi connectivity index (χ4v) is 2.99. The quantitative estimate of drug-likeness (QED) is 0.703. The molecule has 0 unspecified atom stereocenters. The second kappa shape index (κ2) is 6.97. The van der Waals surface area contributed by atoms with Crippen molar-refractivity contribution in [1.82, 2.24) is 4.31 Å². The van der Waals surface area contributed by atoms with E-state index in [2.05, 4.69) is 15.9 Å². The Morgan fingerprint density at radius 1 is 1.14 bits per heavy atom. The standard InChI is InChI=1S/C12H16BrF3N2O2S/c1-17(2)21(19,20)11-5-3-10(4-6-11)18(8-7-13)9-12(14,15)16/h3-6H,7-9H2,1-2H3. The molecular weight excluding hydrogens is 373 g/mol. The number of hydrogen-bond acceptors (Lipinski definition) is 3. The van der Waals surface area contributed by atoms with E-state index in [4.69, 9.17) is 0 Å². The third-order valence-corrected chi connectivity index (χ3v) is 4.89. The van der Waals surface area contributed by atoms with Crippen LogP contribution in [0.4, 0.5) is 18.9 Å². The van der Waals surface area contributed by atoms with Gasteiger partial charge in [0.2, 0.25) is 10.0 Å². The second-order valence-corrected chi connectivity index (χ2v) is 7.45. The molecule has 0 N–H and O–H groups in total. The number of hydrogen-bond donors (Lipinski definition) is 0. The van der Waals surface area contributed by atoms with Crippen LogP contribution in [0, 0.1) is 0 Å². The van der Waals surface area contributed by atoms with Crippen molar-refractivity contribution in [2.45, 2.75) is 11.1 Å². The van der Waals surface area contributed by atoms with Crippen LogP contribution in [0.1, 0.15) is 0 Å². The van der Waals surface area contributed by atoms with Crippen molar-refractivity contribution in [3.63, 3.8) is 0 Å². The number of halogens is 4. The van der Waals surface area contributed by atoms with Crippen molar-refractivity contribution >= 4 is 31.6 Å². The Bertz CT molecular complexity index is 559. The van der Waals surface area contributed by atoms with Crippen molar-refractivity contribution in [2.75, 3.05) is 37.4 Å². The summed E-state index contributed by atoms with van der Waals surface area (Å²) in [5, 5.41) is 0.376. The van der Waals surface area contributed by atoms with E-state index < -0.39 is 22.7 Å². The SMILES string of the molecule is CN(C)S(=O)(=O)c1ccc(N(CCBr)CC(F)(F)F)cc1. The Hall–Kier alpha value is -0.800. The van der Waals surface area contributed by atoms with Crippen molar-refractivity contribution < 1.29 is 21.6 Å². The summed E-state index contributed by atoms with van der Waals surface area (Å²) in [5.74, 6) is 0. The summed E-state index contributed by atoms with van der Waals surface area (Å²) in [5.41, 5.74) is 0.324. The molecule has 1 aromatic rings. The molecule has 0 aliphatic rings. The van der Waals surface area contributed by atoms with Gasteiger partial charge in [-0.2, -0.15) is 13.2 Å². The normalized spacial score (nSPS) is 12.7. The molecule has 0 amide bonds. The van der Waals surface area contributed by atoms with Crippen LogP contribution in [0.15, 0.2) is 29.2 Å². The summed E-state index contributed by atoms with van der Waals surface area (Å²) in [4.78, 5) is 1.18. The zero-order valence-corrected chi connectivity index (χ0v) is 14.0. The van der Waals surface area contributed by atoms with Crippen LogP contribution in [0.3, 0.4) is 0 Å². The molecule has 0 aliphatic carbocycles. The lowest BCUT2D eigenvalue weighted by Gasteiger charge is -2.25. The molecule has 0 atom stereocenters. The fourth-order valence-electron chi connectivity index (χ4n) is 1.66. The molecule has 4 nitrogen and oxygen atoms in total. The molecule has 0 heterocycles. The topological polar surface area (TPSA) is 40.6 Å². The van der Waals surface area contributed by atoms with Gasteiger partial charge in [0, 0.05) is 31.7 Å². The van der Waals surface area contributed by atoms with Crippen molar-refractivity contribution in [1.29, 1.82) is 0 Å². The maximum Gasteiger partial charge on any atom is 0.405 e. The van der Waals surface area contributed by atoms with E-state index in [1.165, 1.54) is 38.4 Å². The van der Waals surface area contributed by atoms with Crippen LogP contribution in [-0.4, -0.2) is 51.4 Å². The first kappa shape index (κ1) is 18.2. The highest BCUT2D eigenvalue weighted by molar-refractivity contribution is 9.09. The highest BCUT2D eigenvalue weighted by Gasteiger charge is 2.30. The van der Waals surface area contributed by atoms with Crippen LogP contribution in [-0.2, 0) is 10.0 Å². The Kier molecular flexibility index (Phi) is 6.06. The molecule has 0 fully saturated rings. The first-order chi connectivity index (χ1) is 9.58. The third-order valence-electron chi connectivity index (χ3n) is 2.71. The van der Waals surface area contributed by atoms with Gasteiger partial charge in [-0.05, 0) is 24.3 Å². The predicted molar refractivity (Wildman–Crippen MR) is 79.4 cm³/mol. The summed E-state index contributed by atoms with van der Waals surface area (Å²) in [6.45, 7) is -0.919.